The smallest absolute Gasteiger partial charge is 0.352 e. The summed E-state index contributed by atoms with van der Waals surface area (Å²) in [6.07, 6.45) is -0.0278. The van der Waals surface area contributed by atoms with Crippen LogP contribution in [0.1, 0.15) is 31.7 Å². The molecule has 0 bridgehead atoms. The van der Waals surface area contributed by atoms with Crippen LogP contribution in [0.4, 0.5) is 19.0 Å². The highest BCUT2D eigenvalue weighted by Crippen LogP contribution is 2.32. The monoisotopic (exact) mass is 287 g/mol. The summed E-state index contributed by atoms with van der Waals surface area (Å²) in [7, 11) is 0. The van der Waals surface area contributed by atoms with E-state index >= 15 is 0 Å². The van der Waals surface area contributed by atoms with Gasteiger partial charge in [0.25, 0.3) is 0 Å². The molecule has 1 aliphatic heterocycles. The highest BCUT2D eigenvalue weighted by atomic mass is 19.4. The van der Waals surface area contributed by atoms with Gasteiger partial charge in [0.2, 0.25) is 0 Å². The van der Waals surface area contributed by atoms with Crippen LogP contribution in [-0.4, -0.2) is 30.7 Å². The van der Waals surface area contributed by atoms with Crippen LogP contribution < -0.4 is 10.2 Å². The molecule has 1 aromatic rings. The molecule has 3 nitrogen and oxygen atoms in total. The van der Waals surface area contributed by atoms with Crippen molar-refractivity contribution in [2.75, 3.05) is 24.5 Å². The van der Waals surface area contributed by atoms with Gasteiger partial charge in [-0.1, -0.05) is 6.92 Å². The fourth-order valence-corrected chi connectivity index (χ4v) is 2.55. The molecule has 1 fully saturated rings. The highest BCUT2D eigenvalue weighted by molar-refractivity contribution is 5.44. The molecule has 1 aliphatic rings. The van der Waals surface area contributed by atoms with Crippen LogP contribution in [0.25, 0.3) is 0 Å². The van der Waals surface area contributed by atoms with E-state index in [-0.39, 0.29) is 6.04 Å². The average molecular weight is 287 g/mol. The molecule has 112 valence electrons. The Hall–Kier alpha value is -1.30. The second-order valence-corrected chi connectivity index (χ2v) is 5.09. The van der Waals surface area contributed by atoms with Crippen molar-refractivity contribution in [2.45, 2.75) is 38.4 Å². The molecule has 6 heteroatoms. The molecule has 0 amide bonds. The number of pyridine rings is 1. The van der Waals surface area contributed by atoms with Gasteiger partial charge in [-0.3, -0.25) is 0 Å². The molecule has 1 N–H and O–H groups in total. The van der Waals surface area contributed by atoms with E-state index in [2.05, 4.69) is 17.2 Å². The first-order valence-electron chi connectivity index (χ1n) is 7.03. The van der Waals surface area contributed by atoms with E-state index in [4.69, 9.17) is 0 Å². The topological polar surface area (TPSA) is 28.2 Å². The third-order valence-corrected chi connectivity index (χ3v) is 3.55. The van der Waals surface area contributed by atoms with Crippen molar-refractivity contribution in [2.24, 2.45) is 0 Å². The van der Waals surface area contributed by atoms with E-state index in [1.807, 2.05) is 4.90 Å². The minimum absolute atomic E-state index is 0.234. The van der Waals surface area contributed by atoms with E-state index in [0.29, 0.717) is 5.82 Å². The molecule has 1 saturated heterocycles. The van der Waals surface area contributed by atoms with Crippen molar-refractivity contribution in [3.05, 3.63) is 23.9 Å². The molecule has 2 rings (SSSR count). The average Bonchev–Trinajstić information content (AvgIpc) is 2.87. The van der Waals surface area contributed by atoms with E-state index in [1.54, 1.807) is 0 Å². The molecule has 1 aromatic heterocycles. The fraction of sp³-hybridized carbons (Fsp3) is 0.643. The van der Waals surface area contributed by atoms with E-state index in [9.17, 15) is 13.2 Å². The van der Waals surface area contributed by atoms with Crippen molar-refractivity contribution < 1.29 is 13.2 Å². The van der Waals surface area contributed by atoms with Gasteiger partial charge < -0.3 is 10.2 Å². The zero-order valence-corrected chi connectivity index (χ0v) is 11.6. The molecule has 0 saturated carbocycles. The summed E-state index contributed by atoms with van der Waals surface area (Å²) >= 11 is 0. The normalized spacial score (nSPS) is 19.6. The Labute approximate surface area is 117 Å². The zero-order chi connectivity index (χ0) is 14.6. The predicted octanol–water partition coefficient (Wildman–Crippen LogP) is 3.07. The Morgan fingerprint density at radius 1 is 1.45 bits per heavy atom. The maximum atomic E-state index is 12.7. The lowest BCUT2D eigenvalue weighted by Gasteiger charge is -2.26. The lowest BCUT2D eigenvalue weighted by molar-refractivity contribution is -0.137. The summed E-state index contributed by atoms with van der Waals surface area (Å²) in [6.45, 7) is 4.59. The Morgan fingerprint density at radius 3 is 2.95 bits per heavy atom. The van der Waals surface area contributed by atoms with E-state index in [0.717, 1.165) is 51.0 Å². The lowest BCUT2D eigenvalue weighted by Crippen LogP contribution is -2.38. The summed E-state index contributed by atoms with van der Waals surface area (Å²) in [4.78, 5) is 6.10. The van der Waals surface area contributed by atoms with Crippen molar-refractivity contribution >= 4 is 5.82 Å². The number of rotatable bonds is 5. The molecule has 0 radical (unpaired) electrons. The summed E-state index contributed by atoms with van der Waals surface area (Å²) in [5, 5.41) is 3.33. The number of nitrogens with one attached hydrogen (secondary N) is 1. The quantitative estimate of drug-likeness (QED) is 0.844. The molecular formula is C14H20F3N3. The van der Waals surface area contributed by atoms with Crippen molar-refractivity contribution in [1.29, 1.82) is 0 Å². The molecule has 1 unspecified atom stereocenters. The summed E-state index contributed by atoms with van der Waals surface area (Å²) in [6, 6.07) is 2.40. The Kier molecular flexibility index (Phi) is 4.86. The number of alkyl halides is 3. The zero-order valence-electron chi connectivity index (χ0n) is 11.6. The van der Waals surface area contributed by atoms with Crippen LogP contribution in [0.3, 0.4) is 0 Å². The number of hydrogen-bond donors (Lipinski definition) is 1. The largest absolute Gasteiger partial charge is 0.416 e. The van der Waals surface area contributed by atoms with Gasteiger partial charge in [0.1, 0.15) is 5.82 Å². The third-order valence-electron chi connectivity index (χ3n) is 3.55. The molecule has 0 spiro atoms. The summed E-state index contributed by atoms with van der Waals surface area (Å²) in [5.41, 5.74) is -0.630. The first kappa shape index (κ1) is 15.1. The molecule has 0 aromatic carbocycles. The van der Waals surface area contributed by atoms with E-state index < -0.39 is 11.7 Å². The first-order chi connectivity index (χ1) is 9.52. The fourth-order valence-electron chi connectivity index (χ4n) is 2.55. The minimum atomic E-state index is -4.31. The first-order valence-corrected chi connectivity index (χ1v) is 7.03. The summed E-state index contributed by atoms with van der Waals surface area (Å²) in [5.74, 6) is 0.431. The molecule has 2 heterocycles. The number of aromatic nitrogens is 1. The maximum Gasteiger partial charge on any atom is 0.416 e. The van der Waals surface area contributed by atoms with Gasteiger partial charge in [-0.2, -0.15) is 13.2 Å². The number of halogens is 3. The second-order valence-electron chi connectivity index (χ2n) is 5.09. The van der Waals surface area contributed by atoms with E-state index in [1.165, 1.54) is 6.20 Å². The third kappa shape index (κ3) is 3.62. The number of anilines is 1. The Morgan fingerprint density at radius 2 is 2.25 bits per heavy atom. The number of hydrogen-bond acceptors (Lipinski definition) is 3. The Bertz CT molecular complexity index is 434. The standard InChI is InChI=1S/C14H20F3N3/c1-2-6-18-10-12-4-3-8-20(12)13-9-11(5-7-19-13)14(15,16)17/h5,7,9,12,18H,2-4,6,8,10H2,1H3. The second kappa shape index (κ2) is 6.43. The lowest BCUT2D eigenvalue weighted by atomic mass is 10.2. The molecule has 0 aliphatic carbocycles. The van der Waals surface area contributed by atoms with Gasteiger partial charge in [0, 0.05) is 25.3 Å². The Balaban J connectivity index is 2.09. The van der Waals surface area contributed by atoms with Gasteiger partial charge in [-0.05, 0) is 37.9 Å². The SMILES string of the molecule is CCCNCC1CCCN1c1cc(C(F)(F)F)ccn1. The van der Waals surface area contributed by atoms with Crippen molar-refractivity contribution in [1.82, 2.24) is 10.3 Å². The van der Waals surface area contributed by atoms with Crippen LogP contribution in [0.2, 0.25) is 0 Å². The van der Waals surface area contributed by atoms with Gasteiger partial charge in [0.15, 0.2) is 0 Å². The van der Waals surface area contributed by atoms with Crippen molar-refractivity contribution in [3.8, 4) is 0 Å². The van der Waals surface area contributed by atoms with Crippen LogP contribution in [0.15, 0.2) is 18.3 Å². The van der Waals surface area contributed by atoms with Crippen LogP contribution in [-0.2, 0) is 6.18 Å². The van der Waals surface area contributed by atoms with Crippen LogP contribution in [0.5, 0.6) is 0 Å². The molecular weight excluding hydrogens is 267 g/mol. The van der Waals surface area contributed by atoms with Gasteiger partial charge in [-0.15, -0.1) is 0 Å². The minimum Gasteiger partial charge on any atom is -0.352 e. The summed E-state index contributed by atoms with van der Waals surface area (Å²) < 4.78 is 38.2. The van der Waals surface area contributed by atoms with Gasteiger partial charge in [-0.25, -0.2) is 4.98 Å². The van der Waals surface area contributed by atoms with Crippen LogP contribution >= 0.6 is 0 Å². The predicted molar refractivity (Wildman–Crippen MR) is 72.8 cm³/mol. The van der Waals surface area contributed by atoms with Gasteiger partial charge >= 0.3 is 6.18 Å². The van der Waals surface area contributed by atoms with Gasteiger partial charge in [0.05, 0.1) is 5.56 Å². The molecule has 1 atom stereocenters. The maximum absolute atomic E-state index is 12.7. The highest BCUT2D eigenvalue weighted by Gasteiger charge is 2.32. The van der Waals surface area contributed by atoms with Crippen LogP contribution in [0, 0.1) is 0 Å². The molecule has 20 heavy (non-hydrogen) atoms. The number of nitrogens with zero attached hydrogens (tertiary/aromatic N) is 2. The van der Waals surface area contributed by atoms with Crippen molar-refractivity contribution in [3.63, 3.8) is 0 Å².